The maximum Gasteiger partial charge on any atom is 0.322 e. The normalized spacial score (nSPS) is 10.1. The number of hydrogen-bond donors (Lipinski definition) is 0. The Labute approximate surface area is 152 Å². The van der Waals surface area contributed by atoms with Crippen molar-refractivity contribution in [3.05, 3.63) is 67.8 Å². The van der Waals surface area contributed by atoms with Crippen LogP contribution >= 0.6 is 0 Å². The zero-order valence-corrected chi connectivity index (χ0v) is 14.3. The third kappa shape index (κ3) is 5.08. The molecule has 0 aliphatic carbocycles. The summed E-state index contributed by atoms with van der Waals surface area (Å²) in [7, 11) is 0. The van der Waals surface area contributed by atoms with E-state index in [-0.39, 0.29) is 22.9 Å². The molecule has 0 unspecified atom stereocenters. The Kier molecular flexibility index (Phi) is 5.81. The van der Waals surface area contributed by atoms with E-state index in [1.54, 1.807) is 0 Å². The number of carbonyl (C=O) groups is 2. The Hall–Kier alpha value is -3.82. The van der Waals surface area contributed by atoms with Gasteiger partial charge in [0.1, 0.15) is 17.9 Å². The van der Waals surface area contributed by atoms with Crippen molar-refractivity contribution in [2.75, 3.05) is 0 Å². The molecule has 0 aliphatic heterocycles. The zero-order chi connectivity index (χ0) is 20.1. The van der Waals surface area contributed by atoms with Gasteiger partial charge in [-0.25, -0.2) is 0 Å². The Morgan fingerprint density at radius 3 is 1.48 bits per heavy atom. The summed E-state index contributed by atoms with van der Waals surface area (Å²) in [6, 6.07) is 7.48. The van der Waals surface area contributed by atoms with Crippen molar-refractivity contribution >= 4 is 23.3 Å². The van der Waals surface area contributed by atoms with E-state index in [4.69, 9.17) is 9.47 Å². The molecule has 140 valence electrons. The summed E-state index contributed by atoms with van der Waals surface area (Å²) in [5.74, 6) is -1.71. The lowest BCUT2D eigenvalue weighted by atomic mass is 10.2. The number of carbonyl (C=O) groups excluding carboxylic acids is 2. The molecule has 0 fully saturated rings. The fourth-order valence-corrected chi connectivity index (χ4v) is 2.25. The molecule has 10 heteroatoms. The maximum atomic E-state index is 11.8. The minimum absolute atomic E-state index is 0.0575. The van der Waals surface area contributed by atoms with Gasteiger partial charge in [-0.05, 0) is 38.1 Å². The molecule has 0 spiro atoms. The SMILES string of the molecule is Cc1cc(OC(=O)CC(=O)Oc2ccc([N+](=O)[O-])c(C)c2)ccc1[N+](=O)[O-]. The summed E-state index contributed by atoms with van der Waals surface area (Å²) < 4.78 is 9.92. The standard InChI is InChI=1S/C17H14N2O8/c1-10-7-12(3-5-14(10)18(22)23)26-16(20)9-17(21)27-13-4-6-15(19(24)25)11(2)8-13/h3-8H,9H2,1-2H3. The van der Waals surface area contributed by atoms with Gasteiger partial charge in [-0.15, -0.1) is 0 Å². The summed E-state index contributed by atoms with van der Waals surface area (Å²) in [6.07, 6.45) is -0.702. The van der Waals surface area contributed by atoms with E-state index < -0.39 is 28.2 Å². The van der Waals surface area contributed by atoms with Gasteiger partial charge in [0.05, 0.1) is 9.85 Å². The molecule has 27 heavy (non-hydrogen) atoms. The largest absolute Gasteiger partial charge is 0.426 e. The fourth-order valence-electron chi connectivity index (χ4n) is 2.25. The first-order chi connectivity index (χ1) is 12.7. The van der Waals surface area contributed by atoms with Crippen LogP contribution in [-0.4, -0.2) is 21.8 Å². The van der Waals surface area contributed by atoms with E-state index >= 15 is 0 Å². The van der Waals surface area contributed by atoms with Crippen LogP contribution in [0.1, 0.15) is 17.5 Å². The highest BCUT2D eigenvalue weighted by atomic mass is 16.6. The van der Waals surface area contributed by atoms with Gasteiger partial charge in [0.15, 0.2) is 0 Å². The van der Waals surface area contributed by atoms with E-state index in [9.17, 15) is 29.8 Å². The average Bonchev–Trinajstić information content (AvgIpc) is 2.53. The third-order valence-corrected chi connectivity index (χ3v) is 3.48. The topological polar surface area (TPSA) is 139 Å². The highest BCUT2D eigenvalue weighted by molar-refractivity contribution is 5.93. The average molecular weight is 374 g/mol. The van der Waals surface area contributed by atoms with Crippen LogP contribution in [0, 0.1) is 34.1 Å². The number of ether oxygens (including phenoxy) is 2. The van der Waals surface area contributed by atoms with Crippen LogP contribution < -0.4 is 9.47 Å². The van der Waals surface area contributed by atoms with E-state index in [1.165, 1.54) is 50.2 Å². The lowest BCUT2D eigenvalue weighted by Gasteiger charge is -2.07. The van der Waals surface area contributed by atoms with Crippen molar-refractivity contribution in [1.29, 1.82) is 0 Å². The van der Waals surface area contributed by atoms with E-state index in [0.717, 1.165) is 0 Å². The molecular weight excluding hydrogens is 360 g/mol. The van der Waals surface area contributed by atoms with Crippen molar-refractivity contribution in [1.82, 2.24) is 0 Å². The minimum atomic E-state index is -0.910. The lowest BCUT2D eigenvalue weighted by molar-refractivity contribution is -0.385. The molecule has 0 radical (unpaired) electrons. The lowest BCUT2D eigenvalue weighted by Crippen LogP contribution is -2.18. The molecule has 10 nitrogen and oxygen atoms in total. The van der Waals surface area contributed by atoms with Crippen LogP contribution in [0.2, 0.25) is 0 Å². The summed E-state index contributed by atoms with van der Waals surface area (Å²) >= 11 is 0. The van der Waals surface area contributed by atoms with E-state index in [1.807, 2.05) is 0 Å². The Morgan fingerprint density at radius 2 is 1.19 bits per heavy atom. The van der Waals surface area contributed by atoms with Crippen LogP contribution in [0.3, 0.4) is 0 Å². The third-order valence-electron chi connectivity index (χ3n) is 3.48. The van der Waals surface area contributed by atoms with Crippen molar-refractivity contribution in [2.45, 2.75) is 20.3 Å². The quantitative estimate of drug-likeness (QED) is 0.247. The molecular formula is C17H14N2O8. The van der Waals surface area contributed by atoms with Gasteiger partial charge in [0.25, 0.3) is 11.4 Å². The Balaban J connectivity index is 1.97. The second-order valence-electron chi connectivity index (χ2n) is 5.54. The highest BCUT2D eigenvalue weighted by Gasteiger charge is 2.17. The molecule has 0 N–H and O–H groups in total. The number of hydrogen-bond acceptors (Lipinski definition) is 8. The molecule has 0 atom stereocenters. The van der Waals surface area contributed by atoms with Crippen molar-refractivity contribution in [3.8, 4) is 11.5 Å². The molecule has 0 saturated heterocycles. The Morgan fingerprint density at radius 1 is 0.815 bits per heavy atom. The summed E-state index contributed by atoms with van der Waals surface area (Å²) in [5.41, 5.74) is 0.356. The smallest absolute Gasteiger partial charge is 0.322 e. The number of nitro benzene ring substituents is 2. The molecule has 0 bridgehead atoms. The van der Waals surface area contributed by atoms with Gasteiger partial charge in [0.2, 0.25) is 0 Å². The predicted molar refractivity (Wildman–Crippen MR) is 91.6 cm³/mol. The molecule has 0 amide bonds. The molecule has 2 rings (SSSR count). The number of nitrogens with zero attached hydrogens (tertiary/aromatic N) is 2. The number of nitro groups is 2. The van der Waals surface area contributed by atoms with E-state index in [2.05, 4.69) is 0 Å². The second-order valence-corrected chi connectivity index (χ2v) is 5.54. The first kappa shape index (κ1) is 19.5. The van der Waals surface area contributed by atoms with Gasteiger partial charge in [0, 0.05) is 23.3 Å². The van der Waals surface area contributed by atoms with E-state index in [0.29, 0.717) is 11.1 Å². The van der Waals surface area contributed by atoms with Gasteiger partial charge < -0.3 is 9.47 Å². The maximum absolute atomic E-state index is 11.8. The van der Waals surface area contributed by atoms with Crippen LogP contribution in [0.4, 0.5) is 11.4 Å². The zero-order valence-electron chi connectivity index (χ0n) is 14.3. The number of benzene rings is 2. The Bertz CT molecular complexity index is 863. The first-order valence-corrected chi connectivity index (χ1v) is 7.59. The molecule has 0 aliphatic rings. The van der Waals surface area contributed by atoms with Crippen molar-refractivity contribution < 1.29 is 28.9 Å². The fraction of sp³-hybridized carbons (Fsp3) is 0.176. The number of aryl methyl sites for hydroxylation is 2. The van der Waals surface area contributed by atoms with Gasteiger partial charge in [-0.1, -0.05) is 0 Å². The van der Waals surface area contributed by atoms with Gasteiger partial charge in [-0.3, -0.25) is 29.8 Å². The molecule has 0 heterocycles. The first-order valence-electron chi connectivity index (χ1n) is 7.59. The van der Waals surface area contributed by atoms with Crippen LogP contribution in [0.5, 0.6) is 11.5 Å². The van der Waals surface area contributed by atoms with Crippen molar-refractivity contribution in [2.24, 2.45) is 0 Å². The monoisotopic (exact) mass is 374 g/mol. The van der Waals surface area contributed by atoms with Gasteiger partial charge >= 0.3 is 11.9 Å². The summed E-state index contributed by atoms with van der Waals surface area (Å²) in [5, 5.41) is 21.5. The highest BCUT2D eigenvalue weighted by Crippen LogP contribution is 2.24. The number of rotatable bonds is 6. The molecule has 2 aromatic rings. The van der Waals surface area contributed by atoms with Crippen LogP contribution in [0.15, 0.2) is 36.4 Å². The minimum Gasteiger partial charge on any atom is -0.426 e. The molecule has 0 aromatic heterocycles. The molecule has 2 aromatic carbocycles. The number of esters is 2. The van der Waals surface area contributed by atoms with Crippen LogP contribution in [0.25, 0.3) is 0 Å². The summed E-state index contributed by atoms with van der Waals surface area (Å²) in [6.45, 7) is 2.97. The predicted octanol–water partition coefficient (Wildman–Crippen LogP) is 3.02. The van der Waals surface area contributed by atoms with Crippen LogP contribution in [-0.2, 0) is 9.59 Å². The summed E-state index contributed by atoms with van der Waals surface area (Å²) in [4.78, 5) is 44.0. The second kappa shape index (κ2) is 8.04. The van der Waals surface area contributed by atoms with Gasteiger partial charge in [-0.2, -0.15) is 0 Å². The molecule has 0 saturated carbocycles. The van der Waals surface area contributed by atoms with Crippen molar-refractivity contribution in [3.63, 3.8) is 0 Å².